The summed E-state index contributed by atoms with van der Waals surface area (Å²) in [6, 6.07) is 7.17. The summed E-state index contributed by atoms with van der Waals surface area (Å²) in [5.41, 5.74) is 1.40. The van der Waals surface area contributed by atoms with Crippen LogP contribution in [0.25, 0.3) is 0 Å². The van der Waals surface area contributed by atoms with Gasteiger partial charge in [0.25, 0.3) is 0 Å². The lowest BCUT2D eigenvalue weighted by Crippen LogP contribution is -2.43. The van der Waals surface area contributed by atoms with Crippen molar-refractivity contribution in [1.82, 2.24) is 15.5 Å². The number of amides is 1. The van der Waals surface area contributed by atoms with Crippen LogP contribution in [0.2, 0.25) is 0 Å². The number of nitrogens with one attached hydrogen (secondary N) is 3. The minimum atomic E-state index is -0.168. The molecule has 1 aromatic rings. The molecule has 0 atom stereocenters. The van der Waals surface area contributed by atoms with Gasteiger partial charge in [0.05, 0.1) is 6.54 Å². The predicted octanol–water partition coefficient (Wildman–Crippen LogP) is 0.740. The fourth-order valence-corrected chi connectivity index (χ4v) is 2.23. The van der Waals surface area contributed by atoms with E-state index in [0.717, 1.165) is 38.2 Å². The van der Waals surface area contributed by atoms with Gasteiger partial charge in [-0.1, -0.05) is 12.0 Å². The summed E-state index contributed by atoms with van der Waals surface area (Å²) in [6.45, 7) is 3.45. The third kappa shape index (κ3) is 9.06. The van der Waals surface area contributed by atoms with Gasteiger partial charge < -0.3 is 25.6 Å². The molecule has 3 N–H and O–H groups in total. The zero-order valence-electron chi connectivity index (χ0n) is 15.8. The van der Waals surface area contributed by atoms with E-state index >= 15 is 0 Å². The number of carbonyl (C=O) groups excluding carboxylic acids is 1. The summed E-state index contributed by atoms with van der Waals surface area (Å²) >= 11 is 0. The molecule has 0 saturated heterocycles. The first kappa shape index (κ1) is 21.5. The number of benzene rings is 1. The number of methoxy groups -OCH3 is 1. The average molecular weight is 359 g/mol. The molecule has 142 valence electrons. The molecule has 0 aliphatic rings. The maximum atomic E-state index is 12.0. The normalized spacial score (nSPS) is 11.1. The van der Waals surface area contributed by atoms with Crippen LogP contribution in [0, 0.1) is 12.3 Å². The van der Waals surface area contributed by atoms with Crippen molar-refractivity contribution in [2.24, 2.45) is 4.99 Å². The topological polar surface area (TPSA) is 78.0 Å². The van der Waals surface area contributed by atoms with Crippen molar-refractivity contribution < 1.29 is 9.53 Å². The largest absolute Gasteiger partial charge is 0.385 e. The number of anilines is 1. The first-order valence-electron chi connectivity index (χ1n) is 8.57. The molecule has 0 aliphatic carbocycles. The van der Waals surface area contributed by atoms with Crippen LogP contribution in [0.5, 0.6) is 0 Å². The highest BCUT2D eigenvalue weighted by Crippen LogP contribution is 2.09. The van der Waals surface area contributed by atoms with E-state index in [1.54, 1.807) is 26.3 Å². The standard InChI is InChI=1S/C19H29N5O2/c1-5-16-8-6-9-17(14-16)23-18(25)15-22-19(20-2)21-10-12-24(3)11-7-13-26-4/h1,6,8-9,14H,7,10-13,15H2,2-4H3,(H,23,25)(H2,20,21,22). The van der Waals surface area contributed by atoms with Gasteiger partial charge in [0, 0.05) is 51.6 Å². The molecule has 7 nitrogen and oxygen atoms in total. The maximum absolute atomic E-state index is 12.0. The summed E-state index contributed by atoms with van der Waals surface area (Å²) in [4.78, 5) is 18.4. The molecule has 0 radical (unpaired) electrons. The minimum Gasteiger partial charge on any atom is -0.385 e. The molecule has 0 bridgehead atoms. The molecule has 7 heteroatoms. The first-order valence-corrected chi connectivity index (χ1v) is 8.57. The number of rotatable bonds is 10. The third-order valence-electron chi connectivity index (χ3n) is 3.63. The van der Waals surface area contributed by atoms with E-state index in [9.17, 15) is 4.79 Å². The van der Waals surface area contributed by atoms with Crippen molar-refractivity contribution in [3.8, 4) is 12.3 Å². The number of hydrogen-bond acceptors (Lipinski definition) is 4. The second kappa shape index (κ2) is 12.8. The average Bonchev–Trinajstić information content (AvgIpc) is 2.64. The molecular weight excluding hydrogens is 330 g/mol. The first-order chi connectivity index (χ1) is 12.6. The Labute approximate surface area is 156 Å². The quantitative estimate of drug-likeness (QED) is 0.249. The molecule has 0 aliphatic heterocycles. The molecule has 1 amide bonds. The number of guanidine groups is 1. The van der Waals surface area contributed by atoms with E-state index in [2.05, 4.69) is 38.8 Å². The van der Waals surface area contributed by atoms with Gasteiger partial charge in [-0.2, -0.15) is 0 Å². The van der Waals surface area contributed by atoms with Crippen LogP contribution >= 0.6 is 0 Å². The number of carbonyl (C=O) groups is 1. The van der Waals surface area contributed by atoms with Crippen molar-refractivity contribution in [1.29, 1.82) is 0 Å². The smallest absolute Gasteiger partial charge is 0.243 e. The van der Waals surface area contributed by atoms with Crippen LogP contribution in [-0.4, -0.2) is 70.8 Å². The second-order valence-electron chi connectivity index (χ2n) is 5.78. The SMILES string of the molecule is C#Cc1cccc(NC(=O)CNC(=NC)NCCN(C)CCCOC)c1. The zero-order valence-corrected chi connectivity index (χ0v) is 15.8. The Bertz CT molecular complexity index is 625. The van der Waals surface area contributed by atoms with E-state index in [-0.39, 0.29) is 12.5 Å². The van der Waals surface area contributed by atoms with Gasteiger partial charge in [-0.25, -0.2) is 0 Å². The molecule has 1 rings (SSSR count). The Hall–Kier alpha value is -2.56. The van der Waals surface area contributed by atoms with Crippen LogP contribution in [0.3, 0.4) is 0 Å². The Morgan fingerprint density at radius 2 is 2.15 bits per heavy atom. The number of ether oxygens (including phenoxy) is 1. The van der Waals surface area contributed by atoms with Gasteiger partial charge in [-0.3, -0.25) is 9.79 Å². The van der Waals surface area contributed by atoms with Gasteiger partial charge in [-0.15, -0.1) is 6.42 Å². The summed E-state index contributed by atoms with van der Waals surface area (Å²) in [5.74, 6) is 2.96. The number of nitrogens with zero attached hydrogens (tertiary/aromatic N) is 2. The molecular formula is C19H29N5O2. The summed E-state index contributed by atoms with van der Waals surface area (Å²) in [5, 5.41) is 8.98. The van der Waals surface area contributed by atoms with Crippen LogP contribution in [-0.2, 0) is 9.53 Å². The van der Waals surface area contributed by atoms with Crippen molar-refractivity contribution in [2.75, 3.05) is 59.3 Å². The van der Waals surface area contributed by atoms with E-state index < -0.39 is 0 Å². The summed E-state index contributed by atoms with van der Waals surface area (Å²) < 4.78 is 5.04. The van der Waals surface area contributed by atoms with Gasteiger partial charge in [0.15, 0.2) is 5.96 Å². The Morgan fingerprint density at radius 1 is 1.35 bits per heavy atom. The highest BCUT2D eigenvalue weighted by Gasteiger charge is 2.05. The molecule has 0 aromatic heterocycles. The molecule has 0 spiro atoms. The van der Waals surface area contributed by atoms with E-state index in [4.69, 9.17) is 11.2 Å². The molecule has 1 aromatic carbocycles. The molecule has 0 unspecified atom stereocenters. The Morgan fingerprint density at radius 3 is 2.85 bits per heavy atom. The Balaban J connectivity index is 2.28. The van der Waals surface area contributed by atoms with Crippen LogP contribution in [0.1, 0.15) is 12.0 Å². The Kier molecular flexibility index (Phi) is 10.5. The maximum Gasteiger partial charge on any atom is 0.243 e. The van der Waals surface area contributed by atoms with Gasteiger partial charge in [0.1, 0.15) is 0 Å². The van der Waals surface area contributed by atoms with Crippen LogP contribution < -0.4 is 16.0 Å². The predicted molar refractivity (Wildman–Crippen MR) is 106 cm³/mol. The molecule has 0 heterocycles. The molecule has 0 saturated carbocycles. The fourth-order valence-electron chi connectivity index (χ4n) is 2.23. The lowest BCUT2D eigenvalue weighted by molar-refractivity contribution is -0.115. The zero-order chi connectivity index (χ0) is 19.2. The molecule has 0 fully saturated rings. The van der Waals surface area contributed by atoms with Crippen molar-refractivity contribution >= 4 is 17.6 Å². The lowest BCUT2D eigenvalue weighted by atomic mass is 10.2. The van der Waals surface area contributed by atoms with Crippen LogP contribution in [0.15, 0.2) is 29.3 Å². The third-order valence-corrected chi connectivity index (χ3v) is 3.63. The summed E-state index contributed by atoms with van der Waals surface area (Å²) in [7, 11) is 5.44. The monoisotopic (exact) mass is 359 g/mol. The van der Waals surface area contributed by atoms with E-state index in [1.165, 1.54) is 0 Å². The van der Waals surface area contributed by atoms with Gasteiger partial charge in [-0.05, 0) is 31.7 Å². The minimum absolute atomic E-state index is 0.115. The highest BCUT2D eigenvalue weighted by molar-refractivity contribution is 5.95. The number of hydrogen-bond donors (Lipinski definition) is 3. The van der Waals surface area contributed by atoms with Gasteiger partial charge in [0.2, 0.25) is 5.91 Å². The lowest BCUT2D eigenvalue weighted by Gasteiger charge is -2.18. The highest BCUT2D eigenvalue weighted by atomic mass is 16.5. The summed E-state index contributed by atoms with van der Waals surface area (Å²) in [6.07, 6.45) is 6.36. The van der Waals surface area contributed by atoms with E-state index in [1.807, 2.05) is 12.1 Å². The van der Waals surface area contributed by atoms with Crippen molar-refractivity contribution in [2.45, 2.75) is 6.42 Å². The van der Waals surface area contributed by atoms with Crippen molar-refractivity contribution in [3.05, 3.63) is 29.8 Å². The van der Waals surface area contributed by atoms with Gasteiger partial charge >= 0.3 is 0 Å². The fraction of sp³-hybridized carbons (Fsp3) is 0.474. The number of terminal acetylenes is 1. The molecule has 26 heavy (non-hydrogen) atoms. The van der Waals surface area contributed by atoms with Crippen molar-refractivity contribution in [3.63, 3.8) is 0 Å². The number of likely N-dealkylation sites (N-methyl/N-ethyl adjacent to an activating group) is 1. The number of aliphatic imine (C=N–C) groups is 1. The second-order valence-corrected chi connectivity index (χ2v) is 5.78. The van der Waals surface area contributed by atoms with E-state index in [0.29, 0.717) is 11.6 Å². The van der Waals surface area contributed by atoms with Crippen LogP contribution in [0.4, 0.5) is 5.69 Å².